The molecule has 1 aromatic carbocycles. The number of hydrogen-bond acceptors (Lipinski definition) is 3. The molecule has 0 saturated carbocycles. The second kappa shape index (κ2) is 9.28. The first-order chi connectivity index (χ1) is 8.36. The van der Waals surface area contributed by atoms with Crippen molar-refractivity contribution in [1.82, 2.24) is 0 Å². The molecule has 0 fully saturated rings. The van der Waals surface area contributed by atoms with Gasteiger partial charge in [0.25, 0.3) is 0 Å². The number of hydrogen-bond donors (Lipinski definition) is 1. The van der Waals surface area contributed by atoms with Gasteiger partial charge in [0.1, 0.15) is 0 Å². The van der Waals surface area contributed by atoms with Crippen LogP contribution >= 0.6 is 11.6 Å². The Bertz CT molecular complexity index is 307. The lowest BCUT2D eigenvalue weighted by Gasteiger charge is -2.08. The summed E-state index contributed by atoms with van der Waals surface area (Å²) in [6.45, 7) is 3.01. The predicted molar refractivity (Wildman–Crippen MR) is 71.8 cm³/mol. The van der Waals surface area contributed by atoms with Crippen molar-refractivity contribution in [3.05, 3.63) is 29.8 Å². The van der Waals surface area contributed by atoms with Gasteiger partial charge in [0.15, 0.2) is 0 Å². The Morgan fingerprint density at radius 3 is 2.88 bits per heavy atom. The summed E-state index contributed by atoms with van der Waals surface area (Å²) in [5.41, 5.74) is 2.21. The number of methoxy groups -OCH3 is 1. The van der Waals surface area contributed by atoms with Gasteiger partial charge in [0, 0.05) is 38.4 Å². The molecular formula is C13H20ClNO2. The van der Waals surface area contributed by atoms with Crippen molar-refractivity contribution < 1.29 is 9.47 Å². The molecule has 17 heavy (non-hydrogen) atoms. The summed E-state index contributed by atoms with van der Waals surface area (Å²) in [6, 6.07) is 8.10. The third-order valence-corrected chi connectivity index (χ3v) is 2.60. The number of benzene rings is 1. The van der Waals surface area contributed by atoms with E-state index in [0.717, 1.165) is 37.4 Å². The fourth-order valence-electron chi connectivity index (χ4n) is 1.44. The van der Waals surface area contributed by atoms with Crippen molar-refractivity contribution >= 4 is 17.3 Å². The lowest BCUT2D eigenvalue weighted by atomic mass is 10.2. The summed E-state index contributed by atoms with van der Waals surface area (Å²) >= 11 is 5.77. The SMILES string of the molecule is COCCCOCCNc1cccc(CCl)c1. The van der Waals surface area contributed by atoms with Gasteiger partial charge in [-0.25, -0.2) is 0 Å². The van der Waals surface area contributed by atoms with Crippen LogP contribution in [0.3, 0.4) is 0 Å². The number of ether oxygens (including phenoxy) is 2. The van der Waals surface area contributed by atoms with Crippen LogP contribution in [0.15, 0.2) is 24.3 Å². The van der Waals surface area contributed by atoms with Crippen LogP contribution in [-0.4, -0.2) is 33.5 Å². The number of anilines is 1. The van der Waals surface area contributed by atoms with Crippen LogP contribution < -0.4 is 5.32 Å². The topological polar surface area (TPSA) is 30.5 Å². The highest BCUT2D eigenvalue weighted by Gasteiger charge is 1.94. The van der Waals surface area contributed by atoms with Gasteiger partial charge in [-0.05, 0) is 24.1 Å². The number of rotatable bonds is 9. The van der Waals surface area contributed by atoms with E-state index < -0.39 is 0 Å². The van der Waals surface area contributed by atoms with Crippen molar-refractivity contribution in [1.29, 1.82) is 0 Å². The average molecular weight is 258 g/mol. The first-order valence-electron chi connectivity index (χ1n) is 5.82. The van der Waals surface area contributed by atoms with Gasteiger partial charge in [0.05, 0.1) is 6.61 Å². The van der Waals surface area contributed by atoms with Crippen LogP contribution in [0.5, 0.6) is 0 Å². The molecular weight excluding hydrogens is 238 g/mol. The van der Waals surface area contributed by atoms with Crippen LogP contribution in [0, 0.1) is 0 Å². The molecule has 1 rings (SSSR count). The molecule has 4 heteroatoms. The summed E-state index contributed by atoms with van der Waals surface area (Å²) in [6.07, 6.45) is 0.943. The van der Waals surface area contributed by atoms with Crippen molar-refractivity contribution in [3.8, 4) is 0 Å². The van der Waals surface area contributed by atoms with Gasteiger partial charge in [-0.15, -0.1) is 11.6 Å². The highest BCUT2D eigenvalue weighted by atomic mass is 35.5. The van der Waals surface area contributed by atoms with E-state index in [0.29, 0.717) is 12.5 Å². The molecule has 0 aliphatic rings. The van der Waals surface area contributed by atoms with E-state index in [2.05, 4.69) is 11.4 Å². The molecule has 0 atom stereocenters. The number of nitrogens with one attached hydrogen (secondary N) is 1. The molecule has 0 bridgehead atoms. The minimum Gasteiger partial charge on any atom is -0.385 e. The zero-order chi connectivity index (χ0) is 12.3. The lowest BCUT2D eigenvalue weighted by Crippen LogP contribution is -2.10. The Morgan fingerprint density at radius 2 is 2.12 bits per heavy atom. The summed E-state index contributed by atoms with van der Waals surface area (Å²) in [4.78, 5) is 0. The van der Waals surface area contributed by atoms with Crippen LogP contribution in [0.2, 0.25) is 0 Å². The van der Waals surface area contributed by atoms with Gasteiger partial charge >= 0.3 is 0 Å². The molecule has 0 unspecified atom stereocenters. The van der Waals surface area contributed by atoms with E-state index in [1.54, 1.807) is 7.11 Å². The fourth-order valence-corrected chi connectivity index (χ4v) is 1.61. The number of alkyl halides is 1. The van der Waals surface area contributed by atoms with E-state index >= 15 is 0 Å². The van der Waals surface area contributed by atoms with Crippen molar-refractivity contribution in [2.24, 2.45) is 0 Å². The second-order valence-corrected chi connectivity index (χ2v) is 3.99. The summed E-state index contributed by atoms with van der Waals surface area (Å²) < 4.78 is 10.4. The second-order valence-electron chi connectivity index (χ2n) is 3.72. The van der Waals surface area contributed by atoms with Crippen molar-refractivity contribution in [2.45, 2.75) is 12.3 Å². The number of halogens is 1. The molecule has 1 N–H and O–H groups in total. The molecule has 0 spiro atoms. The summed E-state index contributed by atoms with van der Waals surface area (Å²) in [5.74, 6) is 0.545. The van der Waals surface area contributed by atoms with E-state index in [9.17, 15) is 0 Å². The van der Waals surface area contributed by atoms with Crippen molar-refractivity contribution in [2.75, 3.05) is 38.8 Å². The Kier molecular flexibility index (Phi) is 7.80. The van der Waals surface area contributed by atoms with E-state index in [-0.39, 0.29) is 0 Å². The minimum absolute atomic E-state index is 0.545. The third-order valence-electron chi connectivity index (χ3n) is 2.29. The fraction of sp³-hybridized carbons (Fsp3) is 0.538. The molecule has 0 heterocycles. The van der Waals surface area contributed by atoms with Crippen LogP contribution in [0.25, 0.3) is 0 Å². The molecule has 0 aliphatic heterocycles. The highest BCUT2D eigenvalue weighted by molar-refractivity contribution is 6.17. The first kappa shape index (κ1) is 14.3. The van der Waals surface area contributed by atoms with Gasteiger partial charge < -0.3 is 14.8 Å². The monoisotopic (exact) mass is 257 g/mol. The normalized spacial score (nSPS) is 10.5. The minimum atomic E-state index is 0.545. The summed E-state index contributed by atoms with van der Waals surface area (Å²) in [5, 5.41) is 3.30. The van der Waals surface area contributed by atoms with Crippen molar-refractivity contribution in [3.63, 3.8) is 0 Å². The van der Waals surface area contributed by atoms with E-state index in [1.807, 2.05) is 18.2 Å². The Morgan fingerprint density at radius 1 is 1.24 bits per heavy atom. The van der Waals surface area contributed by atoms with Crippen LogP contribution in [-0.2, 0) is 15.4 Å². The first-order valence-corrected chi connectivity index (χ1v) is 6.35. The lowest BCUT2D eigenvalue weighted by molar-refractivity contribution is 0.109. The molecule has 0 amide bonds. The van der Waals surface area contributed by atoms with E-state index in [4.69, 9.17) is 21.1 Å². The maximum atomic E-state index is 5.77. The van der Waals surface area contributed by atoms with Crippen LogP contribution in [0.1, 0.15) is 12.0 Å². The smallest absolute Gasteiger partial charge is 0.0639 e. The summed E-state index contributed by atoms with van der Waals surface area (Å²) in [7, 11) is 1.70. The largest absolute Gasteiger partial charge is 0.385 e. The van der Waals surface area contributed by atoms with Gasteiger partial charge in [-0.3, -0.25) is 0 Å². The quantitative estimate of drug-likeness (QED) is 0.545. The third kappa shape index (κ3) is 6.51. The molecule has 0 aliphatic carbocycles. The molecule has 0 saturated heterocycles. The van der Waals surface area contributed by atoms with Crippen LogP contribution in [0.4, 0.5) is 5.69 Å². The van der Waals surface area contributed by atoms with Gasteiger partial charge in [-0.2, -0.15) is 0 Å². The Hall–Kier alpha value is -0.770. The molecule has 0 aromatic heterocycles. The maximum Gasteiger partial charge on any atom is 0.0639 e. The Labute approximate surface area is 108 Å². The highest BCUT2D eigenvalue weighted by Crippen LogP contribution is 2.11. The Balaban J connectivity index is 2.09. The van der Waals surface area contributed by atoms with E-state index in [1.165, 1.54) is 0 Å². The molecule has 0 radical (unpaired) electrons. The standard InChI is InChI=1S/C13H20ClNO2/c1-16-7-3-8-17-9-6-15-13-5-2-4-12(10-13)11-14/h2,4-5,10,15H,3,6-9,11H2,1H3. The maximum absolute atomic E-state index is 5.77. The molecule has 96 valence electrons. The van der Waals surface area contributed by atoms with Gasteiger partial charge in [0.2, 0.25) is 0 Å². The zero-order valence-electron chi connectivity index (χ0n) is 10.2. The predicted octanol–water partition coefficient (Wildman–Crippen LogP) is 2.89. The van der Waals surface area contributed by atoms with Gasteiger partial charge in [-0.1, -0.05) is 12.1 Å². The molecule has 3 nitrogen and oxygen atoms in total. The molecule has 1 aromatic rings. The average Bonchev–Trinajstić information content (AvgIpc) is 2.38. The zero-order valence-corrected chi connectivity index (χ0v) is 11.0.